The largest absolute Gasteiger partial charge is 0.504 e. The molecule has 1 atom stereocenters. The number of aryl methyl sites for hydroxylation is 2. The van der Waals surface area contributed by atoms with E-state index < -0.39 is 0 Å². The minimum absolute atomic E-state index is 0.120. The number of hydrogen-bond acceptors (Lipinski definition) is 4. The summed E-state index contributed by atoms with van der Waals surface area (Å²) in [6.45, 7) is 5.58. The maximum Gasteiger partial charge on any atom is 0.177 e. The number of furan rings is 2. The van der Waals surface area contributed by atoms with E-state index in [4.69, 9.17) is 14.6 Å². The summed E-state index contributed by atoms with van der Waals surface area (Å²) >= 11 is 0. The van der Waals surface area contributed by atoms with Crippen molar-refractivity contribution in [3.8, 4) is 5.75 Å². The van der Waals surface area contributed by atoms with Crippen LogP contribution in [0, 0.1) is 13.8 Å². The van der Waals surface area contributed by atoms with Gasteiger partial charge >= 0.3 is 0 Å². The second kappa shape index (κ2) is 3.53. The second-order valence-electron chi connectivity index (χ2n) is 4.75. The predicted octanol–water partition coefficient (Wildman–Crippen LogP) is 3.52. The first kappa shape index (κ1) is 11.2. The molecule has 0 aliphatic heterocycles. The molecule has 0 fully saturated rings. The van der Waals surface area contributed by atoms with Crippen LogP contribution in [0.3, 0.4) is 0 Å². The van der Waals surface area contributed by atoms with Crippen LogP contribution >= 0.6 is 0 Å². The van der Waals surface area contributed by atoms with Gasteiger partial charge in [-0.1, -0.05) is 0 Å². The van der Waals surface area contributed by atoms with Gasteiger partial charge in [-0.2, -0.15) is 0 Å². The summed E-state index contributed by atoms with van der Waals surface area (Å²) in [4.78, 5) is 0. The highest BCUT2D eigenvalue weighted by molar-refractivity contribution is 6.04. The Kier molecular flexibility index (Phi) is 2.19. The molecule has 0 aliphatic rings. The van der Waals surface area contributed by atoms with E-state index in [0.29, 0.717) is 16.6 Å². The Bertz CT molecular complexity index is 692. The molecule has 2 heterocycles. The lowest BCUT2D eigenvalue weighted by atomic mass is 10.0. The van der Waals surface area contributed by atoms with Crippen LogP contribution in [-0.4, -0.2) is 5.11 Å². The van der Waals surface area contributed by atoms with E-state index in [1.54, 1.807) is 6.07 Å². The van der Waals surface area contributed by atoms with E-state index in [1.807, 2.05) is 26.8 Å². The number of hydrogen-bond donors (Lipinski definition) is 2. The van der Waals surface area contributed by atoms with Gasteiger partial charge in [-0.3, -0.25) is 0 Å². The Hall–Kier alpha value is -1.94. The highest BCUT2D eigenvalue weighted by atomic mass is 16.4. The number of benzene rings is 1. The van der Waals surface area contributed by atoms with Crippen LogP contribution in [0.2, 0.25) is 0 Å². The molecule has 2 aromatic heterocycles. The summed E-state index contributed by atoms with van der Waals surface area (Å²) in [5, 5.41) is 11.7. The minimum atomic E-state index is -0.196. The molecule has 18 heavy (non-hydrogen) atoms. The zero-order chi connectivity index (χ0) is 13.0. The van der Waals surface area contributed by atoms with Crippen LogP contribution < -0.4 is 5.73 Å². The van der Waals surface area contributed by atoms with Crippen molar-refractivity contribution < 1.29 is 13.9 Å². The number of phenols is 1. The fourth-order valence-electron chi connectivity index (χ4n) is 2.48. The van der Waals surface area contributed by atoms with Gasteiger partial charge in [0.15, 0.2) is 11.3 Å². The monoisotopic (exact) mass is 245 g/mol. The van der Waals surface area contributed by atoms with Crippen molar-refractivity contribution in [3.05, 3.63) is 29.2 Å². The van der Waals surface area contributed by atoms with Crippen molar-refractivity contribution in [2.24, 2.45) is 5.73 Å². The fourth-order valence-corrected chi connectivity index (χ4v) is 2.48. The molecule has 3 N–H and O–H groups in total. The Morgan fingerprint density at radius 1 is 1.06 bits per heavy atom. The minimum Gasteiger partial charge on any atom is -0.504 e. The third kappa shape index (κ3) is 1.36. The standard InChI is InChI=1S/C14H15NO3/c1-6-4-9-11(8(3)15)13-10(5-7(2)17-13)12(16)14(9)18-6/h4-5,8,16H,15H2,1-3H3. The molecule has 3 rings (SSSR count). The third-order valence-electron chi connectivity index (χ3n) is 3.17. The maximum absolute atomic E-state index is 10.2. The van der Waals surface area contributed by atoms with Crippen LogP contribution in [-0.2, 0) is 0 Å². The first-order chi connectivity index (χ1) is 8.49. The van der Waals surface area contributed by atoms with Crippen molar-refractivity contribution in [3.63, 3.8) is 0 Å². The van der Waals surface area contributed by atoms with Gasteiger partial charge < -0.3 is 19.7 Å². The average molecular weight is 245 g/mol. The molecular formula is C14H15NO3. The molecule has 1 aromatic carbocycles. The van der Waals surface area contributed by atoms with Gasteiger partial charge in [-0.05, 0) is 32.9 Å². The smallest absolute Gasteiger partial charge is 0.177 e. The molecule has 4 heteroatoms. The molecule has 3 aromatic rings. The van der Waals surface area contributed by atoms with E-state index in [9.17, 15) is 5.11 Å². The SMILES string of the molecule is Cc1cc2c(C(C)N)c3oc(C)cc3c(O)c2o1. The highest BCUT2D eigenvalue weighted by Gasteiger charge is 2.21. The number of aromatic hydroxyl groups is 1. The van der Waals surface area contributed by atoms with Crippen LogP contribution in [0.15, 0.2) is 21.0 Å². The Balaban J connectivity index is 2.60. The van der Waals surface area contributed by atoms with E-state index in [1.165, 1.54) is 0 Å². The van der Waals surface area contributed by atoms with E-state index in [-0.39, 0.29) is 11.8 Å². The zero-order valence-corrected chi connectivity index (χ0v) is 10.6. The first-order valence-corrected chi connectivity index (χ1v) is 5.89. The first-order valence-electron chi connectivity index (χ1n) is 5.89. The highest BCUT2D eigenvalue weighted by Crippen LogP contribution is 2.42. The topological polar surface area (TPSA) is 72.5 Å². The summed E-state index contributed by atoms with van der Waals surface area (Å²) in [5.74, 6) is 1.60. The molecule has 4 nitrogen and oxygen atoms in total. The lowest BCUT2D eigenvalue weighted by Crippen LogP contribution is -2.05. The molecule has 0 saturated heterocycles. The van der Waals surface area contributed by atoms with Crippen molar-refractivity contribution in [1.29, 1.82) is 0 Å². The molecule has 0 bridgehead atoms. The van der Waals surface area contributed by atoms with E-state index >= 15 is 0 Å². The van der Waals surface area contributed by atoms with Crippen LogP contribution in [0.25, 0.3) is 21.9 Å². The Morgan fingerprint density at radius 3 is 2.22 bits per heavy atom. The number of nitrogens with two attached hydrogens (primary N) is 1. The molecule has 0 radical (unpaired) electrons. The number of fused-ring (bicyclic) bond motifs is 2. The summed E-state index contributed by atoms with van der Waals surface area (Å²) in [6.07, 6.45) is 0. The molecule has 0 saturated carbocycles. The predicted molar refractivity (Wildman–Crippen MR) is 69.7 cm³/mol. The van der Waals surface area contributed by atoms with Crippen molar-refractivity contribution >= 4 is 21.9 Å². The van der Waals surface area contributed by atoms with Gasteiger partial charge in [0.1, 0.15) is 17.1 Å². The van der Waals surface area contributed by atoms with Crippen molar-refractivity contribution in [2.45, 2.75) is 26.8 Å². The van der Waals surface area contributed by atoms with Crippen LogP contribution in [0.5, 0.6) is 5.75 Å². The van der Waals surface area contributed by atoms with E-state index in [0.717, 1.165) is 22.5 Å². The lowest BCUT2D eigenvalue weighted by molar-refractivity contribution is 0.466. The molecular weight excluding hydrogens is 230 g/mol. The third-order valence-corrected chi connectivity index (χ3v) is 3.17. The Labute approximate surface area is 104 Å². The number of phenolic OH excluding ortho intramolecular Hbond substituents is 1. The van der Waals surface area contributed by atoms with Gasteiger partial charge in [-0.15, -0.1) is 0 Å². The summed E-state index contributed by atoms with van der Waals surface area (Å²) in [6, 6.07) is 3.48. The van der Waals surface area contributed by atoms with Crippen LogP contribution in [0.4, 0.5) is 0 Å². The van der Waals surface area contributed by atoms with Crippen molar-refractivity contribution in [2.75, 3.05) is 0 Å². The zero-order valence-electron chi connectivity index (χ0n) is 10.6. The molecule has 94 valence electrons. The Morgan fingerprint density at radius 2 is 1.61 bits per heavy atom. The van der Waals surface area contributed by atoms with Gasteiger partial charge in [0, 0.05) is 17.0 Å². The molecule has 0 aliphatic carbocycles. The van der Waals surface area contributed by atoms with Gasteiger partial charge in [0.25, 0.3) is 0 Å². The van der Waals surface area contributed by atoms with Gasteiger partial charge in [0.05, 0.1) is 5.39 Å². The molecule has 0 spiro atoms. The number of rotatable bonds is 1. The summed E-state index contributed by atoms with van der Waals surface area (Å²) < 4.78 is 11.2. The van der Waals surface area contributed by atoms with Gasteiger partial charge in [-0.25, -0.2) is 0 Å². The summed E-state index contributed by atoms with van der Waals surface area (Å²) in [5.41, 5.74) is 8.04. The van der Waals surface area contributed by atoms with Gasteiger partial charge in [0.2, 0.25) is 0 Å². The summed E-state index contributed by atoms with van der Waals surface area (Å²) in [7, 11) is 0. The van der Waals surface area contributed by atoms with E-state index in [2.05, 4.69) is 0 Å². The fraction of sp³-hybridized carbons (Fsp3) is 0.286. The second-order valence-corrected chi connectivity index (χ2v) is 4.75. The average Bonchev–Trinajstić information content (AvgIpc) is 2.81. The maximum atomic E-state index is 10.2. The quantitative estimate of drug-likeness (QED) is 0.688. The van der Waals surface area contributed by atoms with Crippen LogP contribution in [0.1, 0.15) is 30.0 Å². The molecule has 1 unspecified atom stereocenters. The van der Waals surface area contributed by atoms with Crippen molar-refractivity contribution in [1.82, 2.24) is 0 Å². The normalized spacial score (nSPS) is 13.6. The molecule has 0 amide bonds. The lowest BCUT2D eigenvalue weighted by Gasteiger charge is -2.08.